The summed E-state index contributed by atoms with van der Waals surface area (Å²) < 4.78 is 18.2. The number of ether oxygens (including phenoxy) is 1. The maximum Gasteiger partial charge on any atom is 0.167 e. The second-order valence-electron chi connectivity index (χ2n) is 4.41. The number of methoxy groups -OCH3 is 1. The highest BCUT2D eigenvalue weighted by molar-refractivity contribution is 5.97. The smallest absolute Gasteiger partial charge is 0.167 e. The van der Waals surface area contributed by atoms with Crippen molar-refractivity contribution in [2.24, 2.45) is 0 Å². The lowest BCUT2D eigenvalue weighted by Crippen LogP contribution is -2.04. The Morgan fingerprint density at radius 1 is 1.21 bits per heavy atom. The van der Waals surface area contributed by atoms with Crippen molar-refractivity contribution in [3.8, 4) is 5.75 Å². The van der Waals surface area contributed by atoms with Gasteiger partial charge in [0.2, 0.25) is 0 Å². The van der Waals surface area contributed by atoms with E-state index in [4.69, 9.17) is 4.74 Å². The molecular weight excluding hydrogens is 243 g/mol. The molecule has 0 amide bonds. The Morgan fingerprint density at radius 2 is 2.00 bits per heavy atom. The van der Waals surface area contributed by atoms with E-state index in [0.717, 1.165) is 11.3 Å². The van der Waals surface area contributed by atoms with Gasteiger partial charge in [-0.25, -0.2) is 4.39 Å². The number of carbonyl (C=O) groups is 1. The van der Waals surface area contributed by atoms with Crippen LogP contribution in [0.3, 0.4) is 0 Å². The second-order valence-corrected chi connectivity index (χ2v) is 4.41. The third kappa shape index (κ3) is 3.19. The number of Topliss-reactive ketones (excluding diaryl/α,β-unsaturated/α-hetero) is 1. The van der Waals surface area contributed by atoms with Crippen molar-refractivity contribution in [1.29, 1.82) is 0 Å². The van der Waals surface area contributed by atoms with Crippen LogP contribution in [0.15, 0.2) is 42.5 Å². The van der Waals surface area contributed by atoms with Gasteiger partial charge in [-0.05, 0) is 48.4 Å². The standard InChI is InChI=1S/C16H15FO2/c1-11-8-13(6-7-16(11)19-2)15(18)10-12-4-3-5-14(17)9-12/h3-9H,10H2,1-2H3. The quantitative estimate of drug-likeness (QED) is 0.784. The molecule has 0 aliphatic heterocycles. The molecule has 0 atom stereocenters. The fraction of sp³-hybridized carbons (Fsp3) is 0.188. The van der Waals surface area contributed by atoms with Gasteiger partial charge in [0.1, 0.15) is 11.6 Å². The number of aryl methyl sites for hydroxylation is 1. The number of carbonyl (C=O) groups excluding carboxylic acids is 1. The van der Waals surface area contributed by atoms with Gasteiger partial charge in [-0.2, -0.15) is 0 Å². The normalized spacial score (nSPS) is 10.3. The zero-order valence-corrected chi connectivity index (χ0v) is 10.9. The zero-order valence-electron chi connectivity index (χ0n) is 10.9. The molecule has 98 valence electrons. The summed E-state index contributed by atoms with van der Waals surface area (Å²) in [6.45, 7) is 1.89. The molecule has 0 aliphatic rings. The molecule has 3 heteroatoms. The third-order valence-corrected chi connectivity index (χ3v) is 2.97. The summed E-state index contributed by atoms with van der Waals surface area (Å²) in [6.07, 6.45) is 0.198. The number of rotatable bonds is 4. The van der Waals surface area contributed by atoms with Gasteiger partial charge in [-0.1, -0.05) is 12.1 Å². The van der Waals surface area contributed by atoms with E-state index in [-0.39, 0.29) is 18.0 Å². The number of halogens is 1. The van der Waals surface area contributed by atoms with Crippen molar-refractivity contribution < 1.29 is 13.9 Å². The van der Waals surface area contributed by atoms with E-state index < -0.39 is 0 Å². The van der Waals surface area contributed by atoms with Crippen LogP contribution in [0.25, 0.3) is 0 Å². The van der Waals surface area contributed by atoms with Gasteiger partial charge in [0, 0.05) is 12.0 Å². The van der Waals surface area contributed by atoms with Crippen molar-refractivity contribution in [3.05, 3.63) is 65.0 Å². The van der Waals surface area contributed by atoms with Crippen LogP contribution in [0.2, 0.25) is 0 Å². The van der Waals surface area contributed by atoms with Crippen LogP contribution >= 0.6 is 0 Å². The van der Waals surface area contributed by atoms with E-state index in [1.807, 2.05) is 6.92 Å². The minimum Gasteiger partial charge on any atom is -0.496 e. The summed E-state index contributed by atoms with van der Waals surface area (Å²) in [5, 5.41) is 0. The van der Waals surface area contributed by atoms with Gasteiger partial charge >= 0.3 is 0 Å². The fourth-order valence-electron chi connectivity index (χ4n) is 1.99. The van der Waals surface area contributed by atoms with Crippen LogP contribution in [0, 0.1) is 12.7 Å². The first-order valence-electron chi connectivity index (χ1n) is 6.02. The molecule has 0 fully saturated rings. The van der Waals surface area contributed by atoms with Gasteiger partial charge < -0.3 is 4.74 Å². The van der Waals surface area contributed by atoms with Crippen LogP contribution < -0.4 is 4.74 Å². The SMILES string of the molecule is COc1ccc(C(=O)Cc2cccc(F)c2)cc1C. The summed E-state index contributed by atoms with van der Waals surface area (Å²) in [6, 6.07) is 11.4. The first-order chi connectivity index (χ1) is 9.10. The Morgan fingerprint density at radius 3 is 2.63 bits per heavy atom. The molecule has 0 saturated carbocycles. The summed E-state index contributed by atoms with van der Waals surface area (Å²) in [4.78, 5) is 12.1. The monoisotopic (exact) mass is 258 g/mol. The molecule has 0 spiro atoms. The van der Waals surface area contributed by atoms with E-state index in [9.17, 15) is 9.18 Å². The molecule has 2 aromatic carbocycles. The Labute approximate surface area is 111 Å². The van der Waals surface area contributed by atoms with E-state index in [1.54, 1.807) is 37.4 Å². The van der Waals surface area contributed by atoms with Gasteiger partial charge in [0.25, 0.3) is 0 Å². The van der Waals surface area contributed by atoms with E-state index in [1.165, 1.54) is 12.1 Å². The average molecular weight is 258 g/mol. The van der Waals surface area contributed by atoms with Crippen molar-refractivity contribution >= 4 is 5.78 Å². The summed E-state index contributed by atoms with van der Waals surface area (Å²) in [7, 11) is 1.59. The van der Waals surface area contributed by atoms with Gasteiger partial charge in [-0.3, -0.25) is 4.79 Å². The van der Waals surface area contributed by atoms with Crippen LogP contribution in [-0.4, -0.2) is 12.9 Å². The van der Waals surface area contributed by atoms with Gasteiger partial charge in [0.15, 0.2) is 5.78 Å². The number of ketones is 1. The highest BCUT2D eigenvalue weighted by atomic mass is 19.1. The summed E-state index contributed by atoms with van der Waals surface area (Å²) in [5.41, 5.74) is 2.20. The van der Waals surface area contributed by atoms with E-state index in [2.05, 4.69) is 0 Å². The third-order valence-electron chi connectivity index (χ3n) is 2.97. The van der Waals surface area contributed by atoms with Crippen molar-refractivity contribution in [2.75, 3.05) is 7.11 Å². The maximum atomic E-state index is 13.1. The average Bonchev–Trinajstić information content (AvgIpc) is 2.38. The second kappa shape index (κ2) is 5.65. The molecular formula is C16H15FO2. The van der Waals surface area contributed by atoms with Crippen LogP contribution in [-0.2, 0) is 6.42 Å². The Bertz CT molecular complexity index is 605. The Hall–Kier alpha value is -2.16. The number of hydrogen-bond donors (Lipinski definition) is 0. The van der Waals surface area contributed by atoms with Crippen molar-refractivity contribution in [2.45, 2.75) is 13.3 Å². The van der Waals surface area contributed by atoms with Crippen LogP contribution in [0.4, 0.5) is 4.39 Å². The first kappa shape index (κ1) is 13.3. The topological polar surface area (TPSA) is 26.3 Å². The fourth-order valence-corrected chi connectivity index (χ4v) is 1.99. The Kier molecular flexibility index (Phi) is 3.95. The first-order valence-corrected chi connectivity index (χ1v) is 6.02. The zero-order chi connectivity index (χ0) is 13.8. The molecule has 0 radical (unpaired) electrons. The molecule has 2 nitrogen and oxygen atoms in total. The molecule has 0 saturated heterocycles. The number of benzene rings is 2. The predicted octanol–water partition coefficient (Wildman–Crippen LogP) is 3.57. The lowest BCUT2D eigenvalue weighted by atomic mass is 10.0. The van der Waals surface area contributed by atoms with Crippen LogP contribution in [0.1, 0.15) is 21.5 Å². The van der Waals surface area contributed by atoms with Gasteiger partial charge in [0.05, 0.1) is 7.11 Å². The number of hydrogen-bond acceptors (Lipinski definition) is 2. The predicted molar refractivity (Wildman–Crippen MR) is 72.2 cm³/mol. The molecule has 0 aliphatic carbocycles. The van der Waals surface area contributed by atoms with E-state index in [0.29, 0.717) is 11.1 Å². The summed E-state index contributed by atoms with van der Waals surface area (Å²) >= 11 is 0. The van der Waals surface area contributed by atoms with Gasteiger partial charge in [-0.15, -0.1) is 0 Å². The molecule has 2 aromatic rings. The largest absolute Gasteiger partial charge is 0.496 e. The lowest BCUT2D eigenvalue weighted by molar-refractivity contribution is 0.0993. The summed E-state index contributed by atoms with van der Waals surface area (Å²) in [5.74, 6) is 0.398. The van der Waals surface area contributed by atoms with Crippen molar-refractivity contribution in [3.63, 3.8) is 0 Å². The molecule has 0 unspecified atom stereocenters. The molecule has 0 heterocycles. The minimum atomic E-state index is -0.323. The molecule has 0 bridgehead atoms. The molecule has 19 heavy (non-hydrogen) atoms. The maximum absolute atomic E-state index is 13.1. The Balaban J connectivity index is 2.18. The van der Waals surface area contributed by atoms with Crippen LogP contribution in [0.5, 0.6) is 5.75 Å². The molecule has 2 rings (SSSR count). The lowest BCUT2D eigenvalue weighted by Gasteiger charge is -2.07. The molecule has 0 aromatic heterocycles. The molecule has 0 N–H and O–H groups in total. The minimum absolute atomic E-state index is 0.0312. The van der Waals surface area contributed by atoms with E-state index >= 15 is 0 Å². The highest BCUT2D eigenvalue weighted by Gasteiger charge is 2.09. The van der Waals surface area contributed by atoms with Crippen molar-refractivity contribution in [1.82, 2.24) is 0 Å². The highest BCUT2D eigenvalue weighted by Crippen LogP contribution is 2.19.